The molecular formula is C23H28N2O4. The summed E-state index contributed by atoms with van der Waals surface area (Å²) in [6.07, 6.45) is 0. The molecule has 0 saturated heterocycles. The molecule has 0 radical (unpaired) electrons. The molecule has 0 aromatic heterocycles. The van der Waals surface area contributed by atoms with Crippen LogP contribution in [-0.2, 0) is 21.5 Å². The van der Waals surface area contributed by atoms with Gasteiger partial charge in [-0.25, -0.2) is 0 Å². The predicted octanol–water partition coefficient (Wildman–Crippen LogP) is 3.99. The predicted molar refractivity (Wildman–Crippen MR) is 112 cm³/mol. The number of rotatable bonds is 5. The van der Waals surface area contributed by atoms with Crippen molar-refractivity contribution < 1.29 is 19.1 Å². The second kappa shape index (κ2) is 7.78. The van der Waals surface area contributed by atoms with Gasteiger partial charge in [0.15, 0.2) is 11.5 Å². The molecule has 3 rings (SSSR count). The number of carbonyl (C=O) groups excluding carboxylic acids is 2. The van der Waals surface area contributed by atoms with Gasteiger partial charge in [0.2, 0.25) is 18.6 Å². The van der Waals surface area contributed by atoms with Gasteiger partial charge in [-0.2, -0.15) is 0 Å². The first kappa shape index (κ1) is 20.7. The van der Waals surface area contributed by atoms with Crippen LogP contribution in [-0.4, -0.2) is 18.6 Å². The summed E-state index contributed by atoms with van der Waals surface area (Å²) in [7, 11) is 0. The van der Waals surface area contributed by atoms with Crippen molar-refractivity contribution in [3.05, 3.63) is 53.6 Å². The van der Waals surface area contributed by atoms with Crippen LogP contribution in [0, 0.1) is 5.41 Å². The smallest absolute Gasteiger partial charge is 0.239 e. The van der Waals surface area contributed by atoms with Gasteiger partial charge in [-0.1, -0.05) is 39.0 Å². The van der Waals surface area contributed by atoms with Gasteiger partial charge in [-0.05, 0) is 54.7 Å². The summed E-state index contributed by atoms with van der Waals surface area (Å²) in [6.45, 7) is 10.1. The number of anilines is 1. The Morgan fingerprint density at radius 3 is 2.21 bits per heavy atom. The second-order valence-electron chi connectivity index (χ2n) is 8.78. The van der Waals surface area contributed by atoms with Crippen LogP contribution in [0.15, 0.2) is 42.5 Å². The highest BCUT2D eigenvalue weighted by Crippen LogP contribution is 2.32. The van der Waals surface area contributed by atoms with Crippen molar-refractivity contribution in [3.63, 3.8) is 0 Å². The number of hydrogen-bond donors (Lipinski definition) is 2. The molecule has 1 heterocycles. The van der Waals surface area contributed by atoms with Crippen LogP contribution < -0.4 is 20.1 Å². The van der Waals surface area contributed by atoms with Gasteiger partial charge in [-0.3, -0.25) is 9.59 Å². The van der Waals surface area contributed by atoms with Crippen LogP contribution in [0.1, 0.15) is 45.7 Å². The lowest BCUT2D eigenvalue weighted by Crippen LogP contribution is -2.44. The molecule has 1 aliphatic heterocycles. The molecule has 154 valence electrons. The largest absolute Gasteiger partial charge is 0.454 e. The molecule has 1 aliphatic rings. The Bertz CT molecular complexity index is 911. The Labute approximate surface area is 171 Å². The van der Waals surface area contributed by atoms with Crippen LogP contribution in [0.4, 0.5) is 5.69 Å². The third kappa shape index (κ3) is 4.70. The summed E-state index contributed by atoms with van der Waals surface area (Å²) >= 11 is 0. The van der Waals surface area contributed by atoms with E-state index in [0.717, 1.165) is 5.56 Å². The summed E-state index contributed by atoms with van der Waals surface area (Å²) in [5, 5.41) is 5.67. The van der Waals surface area contributed by atoms with E-state index in [1.807, 2.05) is 42.5 Å². The van der Waals surface area contributed by atoms with Crippen LogP contribution in [0.2, 0.25) is 0 Å². The van der Waals surface area contributed by atoms with E-state index in [1.54, 1.807) is 13.8 Å². The molecule has 2 amide bonds. The molecule has 2 aromatic rings. The molecule has 0 bridgehead atoms. The lowest BCUT2D eigenvalue weighted by atomic mass is 9.87. The average Bonchev–Trinajstić information content (AvgIpc) is 3.13. The van der Waals surface area contributed by atoms with Gasteiger partial charge >= 0.3 is 0 Å². The Hall–Kier alpha value is -3.02. The van der Waals surface area contributed by atoms with Gasteiger partial charge < -0.3 is 20.1 Å². The Kier molecular flexibility index (Phi) is 5.55. The molecule has 0 atom stereocenters. The number of amides is 2. The van der Waals surface area contributed by atoms with E-state index in [4.69, 9.17) is 9.47 Å². The lowest BCUT2D eigenvalue weighted by molar-refractivity contribution is -0.138. The maximum Gasteiger partial charge on any atom is 0.239 e. The van der Waals surface area contributed by atoms with Crippen LogP contribution in [0.25, 0.3) is 0 Å². The summed E-state index contributed by atoms with van der Waals surface area (Å²) in [5.41, 5.74) is 1.53. The van der Waals surface area contributed by atoms with Gasteiger partial charge in [0.25, 0.3) is 0 Å². The minimum Gasteiger partial charge on any atom is -0.454 e. The minimum absolute atomic E-state index is 0.0381. The van der Waals surface area contributed by atoms with E-state index in [-0.39, 0.29) is 24.0 Å². The molecule has 0 unspecified atom stereocenters. The van der Waals surface area contributed by atoms with E-state index >= 15 is 0 Å². The minimum atomic E-state index is -1.22. The average molecular weight is 396 g/mol. The van der Waals surface area contributed by atoms with Gasteiger partial charge in [0.05, 0.1) is 0 Å². The van der Waals surface area contributed by atoms with E-state index in [9.17, 15) is 9.59 Å². The fraction of sp³-hybridized carbons (Fsp3) is 0.391. The van der Waals surface area contributed by atoms with Crippen molar-refractivity contribution in [2.24, 2.45) is 5.41 Å². The molecule has 29 heavy (non-hydrogen) atoms. The standard InChI is InChI=1S/C23H28N2O4/c1-22(2,3)16-7-9-17(10-8-16)25-21(27)23(4,5)20(26)24-13-15-6-11-18-19(12-15)29-14-28-18/h6-12H,13-14H2,1-5H3,(H,24,26)(H,25,27). The van der Waals surface area contributed by atoms with Crippen molar-refractivity contribution in [1.82, 2.24) is 5.32 Å². The monoisotopic (exact) mass is 396 g/mol. The van der Waals surface area contributed by atoms with Crippen molar-refractivity contribution in [2.75, 3.05) is 12.1 Å². The van der Waals surface area contributed by atoms with Gasteiger partial charge in [0.1, 0.15) is 5.41 Å². The summed E-state index contributed by atoms with van der Waals surface area (Å²) in [6, 6.07) is 13.2. The number of hydrogen-bond acceptors (Lipinski definition) is 4. The number of carbonyl (C=O) groups is 2. The number of fused-ring (bicyclic) bond motifs is 1. The summed E-state index contributed by atoms with van der Waals surface area (Å²) < 4.78 is 10.6. The molecule has 0 saturated carbocycles. The normalized spacial score (nSPS) is 13.1. The number of ether oxygens (including phenoxy) is 2. The maximum atomic E-state index is 12.7. The van der Waals surface area contributed by atoms with E-state index in [0.29, 0.717) is 23.7 Å². The molecular weight excluding hydrogens is 368 g/mol. The molecule has 0 fully saturated rings. The van der Waals surface area contributed by atoms with Gasteiger partial charge in [-0.15, -0.1) is 0 Å². The Balaban J connectivity index is 1.59. The Morgan fingerprint density at radius 1 is 0.897 bits per heavy atom. The zero-order valence-corrected chi connectivity index (χ0v) is 17.6. The highest BCUT2D eigenvalue weighted by atomic mass is 16.7. The van der Waals surface area contributed by atoms with Crippen molar-refractivity contribution in [3.8, 4) is 11.5 Å². The van der Waals surface area contributed by atoms with E-state index in [2.05, 4.69) is 31.4 Å². The van der Waals surface area contributed by atoms with E-state index in [1.165, 1.54) is 5.56 Å². The van der Waals surface area contributed by atoms with Crippen LogP contribution >= 0.6 is 0 Å². The molecule has 2 N–H and O–H groups in total. The lowest BCUT2D eigenvalue weighted by Gasteiger charge is -2.23. The first-order valence-electron chi connectivity index (χ1n) is 9.66. The first-order chi connectivity index (χ1) is 13.6. The third-order valence-electron chi connectivity index (χ3n) is 5.03. The van der Waals surface area contributed by atoms with Crippen molar-refractivity contribution >= 4 is 17.5 Å². The summed E-state index contributed by atoms with van der Waals surface area (Å²) in [4.78, 5) is 25.4. The number of nitrogens with one attached hydrogen (secondary N) is 2. The SMILES string of the molecule is CC(C)(C(=O)NCc1ccc2c(c1)OCO2)C(=O)Nc1ccc(C(C)(C)C)cc1. The molecule has 0 spiro atoms. The Morgan fingerprint density at radius 2 is 1.55 bits per heavy atom. The first-order valence-corrected chi connectivity index (χ1v) is 9.66. The molecule has 0 aliphatic carbocycles. The fourth-order valence-corrected chi connectivity index (χ4v) is 2.90. The summed E-state index contributed by atoms with van der Waals surface area (Å²) in [5.74, 6) is 0.646. The second-order valence-corrected chi connectivity index (χ2v) is 8.78. The highest BCUT2D eigenvalue weighted by molar-refractivity contribution is 6.09. The highest BCUT2D eigenvalue weighted by Gasteiger charge is 2.36. The van der Waals surface area contributed by atoms with Crippen molar-refractivity contribution in [2.45, 2.75) is 46.6 Å². The van der Waals surface area contributed by atoms with Crippen LogP contribution in [0.5, 0.6) is 11.5 Å². The van der Waals surface area contributed by atoms with Gasteiger partial charge in [0, 0.05) is 12.2 Å². The third-order valence-corrected chi connectivity index (χ3v) is 5.03. The fourth-order valence-electron chi connectivity index (χ4n) is 2.90. The molecule has 2 aromatic carbocycles. The van der Waals surface area contributed by atoms with Crippen LogP contribution in [0.3, 0.4) is 0 Å². The maximum absolute atomic E-state index is 12.7. The number of benzene rings is 2. The topological polar surface area (TPSA) is 76.7 Å². The molecule has 6 heteroatoms. The molecule has 6 nitrogen and oxygen atoms in total. The zero-order chi connectivity index (χ0) is 21.2. The zero-order valence-electron chi connectivity index (χ0n) is 17.6. The van der Waals surface area contributed by atoms with E-state index < -0.39 is 5.41 Å². The van der Waals surface area contributed by atoms with Crippen molar-refractivity contribution in [1.29, 1.82) is 0 Å². The quantitative estimate of drug-likeness (QED) is 0.749.